The molecule has 0 aliphatic carbocycles. The van der Waals surface area contributed by atoms with Crippen molar-refractivity contribution in [3.63, 3.8) is 0 Å². The van der Waals surface area contributed by atoms with E-state index >= 15 is 0 Å². The molecular formula is C17H13N10+4. The molecule has 127 valence electrons. The van der Waals surface area contributed by atoms with Gasteiger partial charge in [-0.15, -0.1) is 0 Å². The van der Waals surface area contributed by atoms with Gasteiger partial charge in [0.05, 0.1) is 28.8 Å². The van der Waals surface area contributed by atoms with Crippen molar-refractivity contribution in [2.45, 2.75) is 0 Å². The van der Waals surface area contributed by atoms with Crippen molar-refractivity contribution in [2.24, 2.45) is 4.99 Å². The molecule has 0 saturated heterocycles. The second-order valence-electron chi connectivity index (χ2n) is 6.01. The highest BCUT2D eigenvalue weighted by Gasteiger charge is 2.35. The number of hydrazone groups is 1. The monoisotopic (exact) mass is 357 g/mol. The molecule has 0 spiro atoms. The molecule has 27 heavy (non-hydrogen) atoms. The maximum absolute atomic E-state index is 4.77. The Balaban J connectivity index is 1.55. The molecule has 2 aliphatic heterocycles. The molecule has 0 bridgehead atoms. The maximum Gasteiger partial charge on any atom is 0.433 e. The van der Waals surface area contributed by atoms with Gasteiger partial charge >= 0.3 is 17.9 Å². The Morgan fingerprint density at radius 2 is 2.00 bits per heavy atom. The van der Waals surface area contributed by atoms with Gasteiger partial charge in [-0.05, 0) is 23.2 Å². The number of aromatic nitrogens is 6. The third-order valence-corrected chi connectivity index (χ3v) is 4.44. The van der Waals surface area contributed by atoms with E-state index in [0.29, 0.717) is 5.96 Å². The van der Waals surface area contributed by atoms with Crippen LogP contribution in [0.5, 0.6) is 0 Å². The van der Waals surface area contributed by atoms with Crippen LogP contribution in [0.25, 0.3) is 17.0 Å². The van der Waals surface area contributed by atoms with Crippen LogP contribution < -0.4 is 13.9 Å². The van der Waals surface area contributed by atoms with E-state index in [4.69, 9.17) is 5.10 Å². The van der Waals surface area contributed by atoms with Crippen LogP contribution in [0.4, 0.5) is 0 Å². The summed E-state index contributed by atoms with van der Waals surface area (Å²) in [6.45, 7) is 0. The molecule has 0 atom stereocenters. The van der Waals surface area contributed by atoms with Crippen LogP contribution in [0.1, 0.15) is 0 Å². The summed E-state index contributed by atoms with van der Waals surface area (Å²) in [5.74, 6) is 0.660. The van der Waals surface area contributed by atoms with E-state index in [0.717, 1.165) is 17.0 Å². The predicted molar refractivity (Wildman–Crippen MR) is 94.0 cm³/mol. The van der Waals surface area contributed by atoms with Gasteiger partial charge in [-0.1, -0.05) is 20.4 Å². The molecule has 0 amide bonds. The molecule has 4 aromatic heterocycles. The molecule has 2 aliphatic rings. The number of hydrogen-bond acceptors (Lipinski definition) is 5. The Labute approximate surface area is 152 Å². The van der Waals surface area contributed by atoms with Gasteiger partial charge in [-0.2, -0.15) is 4.40 Å². The molecule has 0 aromatic carbocycles. The van der Waals surface area contributed by atoms with E-state index in [-0.39, 0.29) is 0 Å². The lowest BCUT2D eigenvalue weighted by Gasteiger charge is -2.05. The van der Waals surface area contributed by atoms with Gasteiger partial charge < -0.3 is 0 Å². The smallest absolute Gasteiger partial charge is 0.203 e. The van der Waals surface area contributed by atoms with Crippen molar-refractivity contribution in [3.8, 4) is 5.69 Å². The van der Waals surface area contributed by atoms with Crippen LogP contribution in [0, 0.1) is 0 Å². The largest absolute Gasteiger partial charge is 0.433 e. The average Bonchev–Trinajstić information content (AvgIpc) is 3.44. The number of hydrogen-bond donors (Lipinski definition) is 0. The van der Waals surface area contributed by atoms with Crippen LogP contribution in [0.3, 0.4) is 0 Å². The lowest BCUT2D eigenvalue weighted by atomic mass is 10.4. The predicted octanol–water partition coefficient (Wildman–Crippen LogP) is -1.13. The zero-order chi connectivity index (χ0) is 17.8. The Bertz CT molecular complexity index is 1340. The molecule has 6 rings (SSSR count). The van der Waals surface area contributed by atoms with Crippen molar-refractivity contribution in [2.75, 3.05) is 0 Å². The average molecular weight is 357 g/mol. The molecule has 0 fully saturated rings. The Morgan fingerprint density at radius 1 is 1.04 bits per heavy atom. The van der Waals surface area contributed by atoms with Gasteiger partial charge in [-0.3, -0.25) is 0 Å². The summed E-state index contributed by atoms with van der Waals surface area (Å²) in [5, 5.41) is 15.2. The minimum Gasteiger partial charge on any atom is -0.203 e. The molecule has 0 N–H and O–H groups in total. The summed E-state index contributed by atoms with van der Waals surface area (Å²) in [7, 11) is 0. The Morgan fingerprint density at radius 3 is 3.00 bits per heavy atom. The summed E-state index contributed by atoms with van der Waals surface area (Å²) in [4.78, 5) is 6.03. The zero-order valence-electron chi connectivity index (χ0n) is 14.0. The minimum atomic E-state index is 0.660. The van der Waals surface area contributed by atoms with Crippen molar-refractivity contribution in [1.82, 2.24) is 29.8 Å². The Kier molecular flexibility index (Phi) is 2.67. The number of aliphatic imine (C=N–C) groups is 1. The minimum absolute atomic E-state index is 0.660. The molecule has 0 saturated carbocycles. The summed E-state index contributed by atoms with van der Waals surface area (Å²) in [6.07, 6.45) is 14.7. The van der Waals surface area contributed by atoms with Crippen molar-refractivity contribution < 1.29 is 13.5 Å². The fourth-order valence-corrected chi connectivity index (χ4v) is 3.22. The first kappa shape index (κ1) is 14.0. The summed E-state index contributed by atoms with van der Waals surface area (Å²) in [5.41, 5.74) is 2.59. The summed E-state index contributed by atoms with van der Waals surface area (Å²) in [6, 6.07) is 9.94. The topological polar surface area (TPSA) is 76.6 Å². The zero-order valence-corrected chi connectivity index (χ0v) is 14.0. The quantitative estimate of drug-likeness (QED) is 0.426. The van der Waals surface area contributed by atoms with Gasteiger partial charge in [-0.25, -0.2) is 4.40 Å². The van der Waals surface area contributed by atoms with E-state index in [9.17, 15) is 0 Å². The van der Waals surface area contributed by atoms with Gasteiger partial charge in [0.2, 0.25) is 5.69 Å². The lowest BCUT2D eigenvalue weighted by molar-refractivity contribution is -0.547. The van der Waals surface area contributed by atoms with Gasteiger partial charge in [0.15, 0.2) is 0 Å². The van der Waals surface area contributed by atoms with E-state index in [2.05, 4.69) is 15.2 Å². The van der Waals surface area contributed by atoms with E-state index in [1.54, 1.807) is 16.1 Å². The van der Waals surface area contributed by atoms with Crippen LogP contribution in [0.15, 0.2) is 72.6 Å². The third-order valence-electron chi connectivity index (χ3n) is 4.44. The molecule has 10 heteroatoms. The number of guanidine groups is 1. The van der Waals surface area contributed by atoms with E-state index in [1.165, 1.54) is 6.34 Å². The normalized spacial score (nSPS) is 15.5. The van der Waals surface area contributed by atoms with Crippen molar-refractivity contribution in [3.05, 3.63) is 67.7 Å². The molecule has 1 radical (unpaired) electrons. The SMILES string of the molecule is C1=CN2[N+]=CN=C2[N+](n2c[n+]3cccc(-n4nc[n+]5ccccc45)c3n2)=C1. The van der Waals surface area contributed by atoms with Crippen LogP contribution in [-0.4, -0.2) is 47.9 Å². The number of fused-ring (bicyclic) bond motifs is 3. The van der Waals surface area contributed by atoms with Gasteiger partial charge in [0.1, 0.15) is 6.20 Å². The molecule has 4 aromatic rings. The highest BCUT2D eigenvalue weighted by atomic mass is 15.7. The van der Waals surface area contributed by atoms with Crippen molar-refractivity contribution in [1.29, 1.82) is 0 Å². The fourth-order valence-electron chi connectivity index (χ4n) is 3.22. The molecule has 6 heterocycles. The van der Waals surface area contributed by atoms with E-state index < -0.39 is 0 Å². The van der Waals surface area contributed by atoms with Crippen LogP contribution in [0.2, 0.25) is 0 Å². The first-order chi connectivity index (χ1) is 13.4. The lowest BCUT2D eigenvalue weighted by Crippen LogP contribution is -2.40. The highest BCUT2D eigenvalue weighted by molar-refractivity contribution is 5.90. The molecule has 10 nitrogen and oxygen atoms in total. The highest BCUT2D eigenvalue weighted by Crippen LogP contribution is 2.12. The number of nitrogens with zero attached hydrogens (tertiary/aromatic N) is 10. The first-order valence-electron chi connectivity index (χ1n) is 8.33. The number of rotatable bonds is 2. The van der Waals surface area contributed by atoms with Gasteiger partial charge in [0.25, 0.3) is 18.3 Å². The maximum atomic E-state index is 4.77. The van der Waals surface area contributed by atoms with Crippen molar-refractivity contribution >= 4 is 29.8 Å². The summed E-state index contributed by atoms with van der Waals surface area (Å²) >= 11 is 0. The fraction of sp³-hybridized carbons (Fsp3) is 0. The standard InChI is InChI=1S/C17H13N10/c1-2-7-22-12-20-27(15(22)6-1)14-5-3-8-23-13-26(21-16(14)23)25-10-4-9-24-17(25)18-11-19-24/h1-13H/q+4. The molecule has 0 unspecified atom stereocenters. The Hall–Kier alpha value is -4.21. The second-order valence-corrected chi connectivity index (χ2v) is 6.01. The molecular weight excluding hydrogens is 344 g/mol. The van der Waals surface area contributed by atoms with Gasteiger partial charge in [0, 0.05) is 22.0 Å². The third kappa shape index (κ3) is 1.97. The van der Waals surface area contributed by atoms with Crippen LogP contribution >= 0.6 is 0 Å². The van der Waals surface area contributed by atoms with Crippen LogP contribution in [-0.2, 0) is 0 Å². The number of pyridine rings is 2. The van der Waals surface area contributed by atoms with E-state index in [1.807, 2.05) is 85.7 Å². The second kappa shape index (κ2) is 5.14. The number of allylic oxidation sites excluding steroid dienone is 1. The first-order valence-corrected chi connectivity index (χ1v) is 8.33. The summed E-state index contributed by atoms with van der Waals surface area (Å²) < 4.78 is 7.60.